The topological polar surface area (TPSA) is 49.4 Å². The smallest absolute Gasteiger partial charge is 0.247 e. The minimum absolute atomic E-state index is 0.0320. The lowest BCUT2D eigenvalue weighted by Gasteiger charge is -2.19. The van der Waals surface area contributed by atoms with E-state index in [1.54, 1.807) is 0 Å². The number of hydrogen-bond donors (Lipinski definition) is 1. The number of amides is 2. The molecule has 2 unspecified atom stereocenters. The van der Waals surface area contributed by atoms with Crippen molar-refractivity contribution in [2.75, 3.05) is 6.54 Å². The Kier molecular flexibility index (Phi) is 4.47. The summed E-state index contributed by atoms with van der Waals surface area (Å²) in [4.78, 5) is 24.9. The van der Waals surface area contributed by atoms with Gasteiger partial charge >= 0.3 is 0 Å². The molecule has 0 saturated carbocycles. The average Bonchev–Trinajstić information content (AvgIpc) is 2.50. The largest absolute Gasteiger partial charge is 0.305 e. The molecule has 4 heteroatoms. The van der Waals surface area contributed by atoms with E-state index in [-0.39, 0.29) is 23.9 Å². The minimum Gasteiger partial charge on any atom is -0.305 e. The highest BCUT2D eigenvalue weighted by Crippen LogP contribution is 2.16. The first-order valence-electron chi connectivity index (χ1n) is 6.06. The first-order chi connectivity index (χ1) is 7.47. The van der Waals surface area contributed by atoms with Crippen molar-refractivity contribution < 1.29 is 9.59 Å². The third-order valence-corrected chi connectivity index (χ3v) is 3.11. The fourth-order valence-corrected chi connectivity index (χ4v) is 1.84. The van der Waals surface area contributed by atoms with Crippen molar-refractivity contribution in [3.8, 4) is 0 Å². The molecule has 2 amide bonds. The van der Waals surface area contributed by atoms with Crippen molar-refractivity contribution >= 4 is 11.8 Å². The average molecular weight is 226 g/mol. The summed E-state index contributed by atoms with van der Waals surface area (Å²) < 4.78 is 0. The van der Waals surface area contributed by atoms with Gasteiger partial charge in [0, 0.05) is 6.04 Å². The molecule has 16 heavy (non-hydrogen) atoms. The van der Waals surface area contributed by atoms with E-state index >= 15 is 0 Å². The Balaban J connectivity index is 2.52. The van der Waals surface area contributed by atoms with Gasteiger partial charge in [-0.15, -0.1) is 0 Å². The van der Waals surface area contributed by atoms with Gasteiger partial charge in [0.2, 0.25) is 11.8 Å². The molecule has 1 rings (SSSR count). The van der Waals surface area contributed by atoms with Crippen molar-refractivity contribution in [1.29, 1.82) is 0 Å². The van der Waals surface area contributed by atoms with Crippen molar-refractivity contribution in [3.05, 3.63) is 0 Å². The van der Waals surface area contributed by atoms with Crippen LogP contribution in [0.3, 0.4) is 0 Å². The van der Waals surface area contributed by atoms with Crippen LogP contribution in [0.4, 0.5) is 0 Å². The van der Waals surface area contributed by atoms with Crippen LogP contribution in [-0.4, -0.2) is 35.3 Å². The molecular weight excluding hydrogens is 204 g/mol. The molecule has 2 atom stereocenters. The summed E-state index contributed by atoms with van der Waals surface area (Å²) in [5.74, 6) is 0.418. The highest BCUT2D eigenvalue weighted by atomic mass is 16.2. The van der Waals surface area contributed by atoms with E-state index in [0.717, 1.165) is 13.0 Å². The maximum absolute atomic E-state index is 11.9. The third-order valence-electron chi connectivity index (χ3n) is 3.11. The molecule has 92 valence electrons. The van der Waals surface area contributed by atoms with E-state index in [9.17, 15) is 9.59 Å². The monoisotopic (exact) mass is 226 g/mol. The van der Waals surface area contributed by atoms with E-state index in [4.69, 9.17) is 0 Å². The van der Waals surface area contributed by atoms with Crippen molar-refractivity contribution in [3.63, 3.8) is 0 Å². The summed E-state index contributed by atoms with van der Waals surface area (Å²) in [5.41, 5.74) is 0. The third kappa shape index (κ3) is 2.82. The van der Waals surface area contributed by atoms with Gasteiger partial charge in [0.05, 0.1) is 12.5 Å². The zero-order valence-electron chi connectivity index (χ0n) is 10.6. The summed E-state index contributed by atoms with van der Waals surface area (Å²) in [5, 5.41) is 3.19. The SMILES string of the molecule is CCC(C)CNC1CC(=O)N(C(C)C)C1=O. The highest BCUT2D eigenvalue weighted by Gasteiger charge is 2.39. The predicted molar refractivity (Wildman–Crippen MR) is 62.9 cm³/mol. The quantitative estimate of drug-likeness (QED) is 0.716. The Morgan fingerprint density at radius 2 is 2.00 bits per heavy atom. The van der Waals surface area contributed by atoms with E-state index in [1.165, 1.54) is 4.90 Å². The van der Waals surface area contributed by atoms with Crippen LogP contribution in [0.25, 0.3) is 0 Å². The Bertz CT molecular complexity index is 276. The van der Waals surface area contributed by atoms with Gasteiger partial charge in [-0.1, -0.05) is 20.3 Å². The lowest BCUT2D eigenvalue weighted by atomic mass is 10.1. The molecule has 0 bridgehead atoms. The van der Waals surface area contributed by atoms with Gasteiger partial charge in [0.15, 0.2) is 0 Å². The molecule has 1 fully saturated rings. The Labute approximate surface area is 97.4 Å². The van der Waals surface area contributed by atoms with Gasteiger partial charge in [-0.25, -0.2) is 0 Å². The molecule has 1 heterocycles. The zero-order valence-corrected chi connectivity index (χ0v) is 10.6. The minimum atomic E-state index is -0.302. The van der Waals surface area contributed by atoms with Gasteiger partial charge in [0.25, 0.3) is 0 Å². The molecule has 1 aliphatic rings. The molecule has 0 aromatic carbocycles. The molecular formula is C12H22N2O2. The number of hydrogen-bond acceptors (Lipinski definition) is 3. The van der Waals surface area contributed by atoms with Crippen LogP contribution >= 0.6 is 0 Å². The van der Waals surface area contributed by atoms with E-state index in [2.05, 4.69) is 19.2 Å². The van der Waals surface area contributed by atoms with Crippen molar-refractivity contribution in [2.45, 2.75) is 52.6 Å². The second-order valence-electron chi connectivity index (χ2n) is 4.87. The fourth-order valence-electron chi connectivity index (χ4n) is 1.84. The standard InChI is InChI=1S/C12H22N2O2/c1-5-9(4)7-13-10-6-11(15)14(8(2)3)12(10)16/h8-10,13H,5-7H2,1-4H3. The number of carbonyl (C=O) groups is 2. The van der Waals surface area contributed by atoms with Gasteiger partial charge in [-0.3, -0.25) is 14.5 Å². The Morgan fingerprint density at radius 3 is 2.44 bits per heavy atom. The highest BCUT2D eigenvalue weighted by molar-refractivity contribution is 6.05. The summed E-state index contributed by atoms with van der Waals surface area (Å²) in [6.45, 7) is 8.79. The summed E-state index contributed by atoms with van der Waals surface area (Å²) in [7, 11) is 0. The second kappa shape index (κ2) is 5.43. The zero-order chi connectivity index (χ0) is 12.3. The van der Waals surface area contributed by atoms with Crippen LogP contribution in [0.2, 0.25) is 0 Å². The predicted octanol–water partition coefficient (Wildman–Crippen LogP) is 1.16. The van der Waals surface area contributed by atoms with Crippen LogP contribution in [0.5, 0.6) is 0 Å². The first-order valence-corrected chi connectivity index (χ1v) is 6.06. The van der Waals surface area contributed by atoms with Crippen LogP contribution in [0.15, 0.2) is 0 Å². The summed E-state index contributed by atoms with van der Waals surface area (Å²) in [6.07, 6.45) is 1.39. The molecule has 4 nitrogen and oxygen atoms in total. The van der Waals surface area contributed by atoms with Crippen molar-refractivity contribution in [2.24, 2.45) is 5.92 Å². The number of rotatable bonds is 5. The molecule has 1 N–H and O–H groups in total. The molecule has 0 aromatic rings. The molecule has 0 aromatic heterocycles. The lowest BCUT2D eigenvalue weighted by molar-refractivity contribution is -0.140. The van der Waals surface area contributed by atoms with Crippen LogP contribution in [0, 0.1) is 5.92 Å². The van der Waals surface area contributed by atoms with Crippen LogP contribution < -0.4 is 5.32 Å². The summed E-state index contributed by atoms with van der Waals surface area (Å²) >= 11 is 0. The molecule has 0 spiro atoms. The lowest BCUT2D eigenvalue weighted by Crippen LogP contribution is -2.42. The molecule has 0 radical (unpaired) electrons. The van der Waals surface area contributed by atoms with E-state index in [1.807, 2.05) is 13.8 Å². The van der Waals surface area contributed by atoms with Gasteiger partial charge in [-0.05, 0) is 26.3 Å². The number of imide groups is 1. The molecule has 0 aliphatic carbocycles. The van der Waals surface area contributed by atoms with Gasteiger partial charge in [0.1, 0.15) is 0 Å². The summed E-state index contributed by atoms with van der Waals surface area (Å²) in [6, 6.07) is -0.334. The number of nitrogens with one attached hydrogen (secondary N) is 1. The Hall–Kier alpha value is -0.900. The van der Waals surface area contributed by atoms with Gasteiger partial charge < -0.3 is 5.32 Å². The number of likely N-dealkylation sites (tertiary alicyclic amines) is 1. The second-order valence-corrected chi connectivity index (χ2v) is 4.87. The van der Waals surface area contributed by atoms with E-state index in [0.29, 0.717) is 12.3 Å². The Morgan fingerprint density at radius 1 is 1.38 bits per heavy atom. The molecule has 1 saturated heterocycles. The van der Waals surface area contributed by atoms with Crippen LogP contribution in [0.1, 0.15) is 40.5 Å². The van der Waals surface area contributed by atoms with Crippen molar-refractivity contribution in [1.82, 2.24) is 10.2 Å². The maximum atomic E-state index is 11.9. The van der Waals surface area contributed by atoms with Gasteiger partial charge in [-0.2, -0.15) is 0 Å². The van der Waals surface area contributed by atoms with E-state index < -0.39 is 0 Å². The fraction of sp³-hybridized carbons (Fsp3) is 0.833. The number of nitrogens with zero attached hydrogens (tertiary/aromatic N) is 1. The normalized spacial score (nSPS) is 23.3. The first kappa shape index (κ1) is 13.2. The maximum Gasteiger partial charge on any atom is 0.247 e. The number of carbonyl (C=O) groups excluding carboxylic acids is 2. The molecule has 1 aliphatic heterocycles. The van der Waals surface area contributed by atoms with Crippen LogP contribution in [-0.2, 0) is 9.59 Å².